The van der Waals surface area contributed by atoms with Gasteiger partial charge < -0.3 is 9.88 Å². The van der Waals surface area contributed by atoms with Crippen LogP contribution in [-0.2, 0) is 0 Å². The average molecular weight is 322 g/mol. The van der Waals surface area contributed by atoms with Crippen molar-refractivity contribution < 1.29 is 4.39 Å². The molecule has 4 nitrogen and oxygen atoms in total. The lowest BCUT2D eigenvalue weighted by atomic mass is 10.00. The van der Waals surface area contributed by atoms with E-state index >= 15 is 0 Å². The standard InChI is InChI=1S/C19H19FN4/c1-13-11-22-18(23-13)17-16(14-5-3-2-4-6-14)7-9-21-19(17)24-10-8-15(20)12-24/h2-7,9,11,15H,8,10,12H2,1H3,(H,22,23). The third kappa shape index (κ3) is 2.66. The van der Waals surface area contributed by atoms with E-state index in [4.69, 9.17) is 0 Å². The van der Waals surface area contributed by atoms with Gasteiger partial charge in [-0.1, -0.05) is 30.3 Å². The van der Waals surface area contributed by atoms with Gasteiger partial charge in [0.2, 0.25) is 0 Å². The summed E-state index contributed by atoms with van der Waals surface area (Å²) in [5.41, 5.74) is 4.08. The molecule has 122 valence electrons. The van der Waals surface area contributed by atoms with Crippen LogP contribution in [0.5, 0.6) is 0 Å². The molecule has 0 spiro atoms. The molecule has 4 rings (SSSR count). The summed E-state index contributed by atoms with van der Waals surface area (Å²) >= 11 is 0. The maximum atomic E-state index is 13.7. The Kier molecular flexibility index (Phi) is 3.76. The van der Waals surface area contributed by atoms with Crippen molar-refractivity contribution in [2.45, 2.75) is 19.5 Å². The highest BCUT2D eigenvalue weighted by molar-refractivity contribution is 5.88. The highest BCUT2D eigenvalue weighted by atomic mass is 19.1. The Balaban J connectivity index is 1.91. The molecule has 1 N–H and O–H groups in total. The third-order valence-electron chi connectivity index (χ3n) is 4.39. The van der Waals surface area contributed by atoms with Crippen LogP contribution < -0.4 is 4.90 Å². The fraction of sp³-hybridized carbons (Fsp3) is 0.263. The first kappa shape index (κ1) is 14.9. The van der Waals surface area contributed by atoms with Gasteiger partial charge in [-0.05, 0) is 30.5 Å². The predicted octanol–water partition coefficient (Wildman–Crippen LogP) is 4.00. The molecule has 1 atom stereocenters. The lowest BCUT2D eigenvalue weighted by molar-refractivity contribution is 0.364. The number of rotatable bonds is 3. The molecule has 3 aromatic rings. The molecule has 24 heavy (non-hydrogen) atoms. The van der Waals surface area contributed by atoms with Crippen LogP contribution in [0.15, 0.2) is 48.8 Å². The monoisotopic (exact) mass is 322 g/mol. The summed E-state index contributed by atoms with van der Waals surface area (Å²) in [4.78, 5) is 14.4. The van der Waals surface area contributed by atoms with E-state index in [1.165, 1.54) is 0 Å². The van der Waals surface area contributed by atoms with E-state index in [-0.39, 0.29) is 0 Å². The van der Waals surface area contributed by atoms with Crippen molar-refractivity contribution in [3.05, 3.63) is 54.5 Å². The maximum absolute atomic E-state index is 13.7. The predicted molar refractivity (Wildman–Crippen MR) is 93.7 cm³/mol. The van der Waals surface area contributed by atoms with Crippen molar-refractivity contribution in [1.82, 2.24) is 15.0 Å². The van der Waals surface area contributed by atoms with Crippen molar-refractivity contribution in [3.8, 4) is 22.5 Å². The van der Waals surface area contributed by atoms with Gasteiger partial charge in [-0.2, -0.15) is 0 Å². The van der Waals surface area contributed by atoms with Crippen LogP contribution in [0.1, 0.15) is 12.1 Å². The molecule has 1 aliphatic heterocycles. The highest BCUT2D eigenvalue weighted by Crippen LogP contribution is 2.38. The van der Waals surface area contributed by atoms with Gasteiger partial charge >= 0.3 is 0 Å². The van der Waals surface area contributed by atoms with Crippen molar-refractivity contribution >= 4 is 5.82 Å². The fourth-order valence-electron chi connectivity index (χ4n) is 3.23. The summed E-state index contributed by atoms with van der Waals surface area (Å²) in [5, 5.41) is 0. The summed E-state index contributed by atoms with van der Waals surface area (Å²) in [6.07, 6.45) is 3.36. The molecule has 1 unspecified atom stereocenters. The van der Waals surface area contributed by atoms with Gasteiger partial charge in [0.1, 0.15) is 17.8 Å². The molecule has 2 aromatic heterocycles. The topological polar surface area (TPSA) is 44.8 Å². The summed E-state index contributed by atoms with van der Waals surface area (Å²) < 4.78 is 13.7. The van der Waals surface area contributed by atoms with Gasteiger partial charge in [0.15, 0.2) is 0 Å². The number of pyridine rings is 1. The number of halogens is 1. The lowest BCUT2D eigenvalue weighted by Crippen LogP contribution is -2.22. The molecule has 0 bridgehead atoms. The van der Waals surface area contributed by atoms with E-state index in [2.05, 4.69) is 27.1 Å². The molecule has 0 saturated carbocycles. The average Bonchev–Trinajstić information content (AvgIpc) is 3.23. The minimum absolute atomic E-state index is 0.387. The number of aryl methyl sites for hydroxylation is 1. The Morgan fingerprint density at radius 1 is 1.17 bits per heavy atom. The Morgan fingerprint density at radius 2 is 2.00 bits per heavy atom. The zero-order valence-electron chi connectivity index (χ0n) is 13.5. The zero-order chi connectivity index (χ0) is 16.5. The maximum Gasteiger partial charge on any atom is 0.141 e. The van der Waals surface area contributed by atoms with Crippen LogP contribution >= 0.6 is 0 Å². The second kappa shape index (κ2) is 6.07. The highest BCUT2D eigenvalue weighted by Gasteiger charge is 2.27. The summed E-state index contributed by atoms with van der Waals surface area (Å²) in [7, 11) is 0. The molecule has 3 heterocycles. The second-order valence-corrected chi connectivity index (χ2v) is 6.17. The Hall–Kier alpha value is -2.69. The summed E-state index contributed by atoms with van der Waals surface area (Å²) in [6, 6.07) is 12.2. The van der Waals surface area contributed by atoms with Crippen LogP contribution in [0.2, 0.25) is 0 Å². The van der Waals surface area contributed by atoms with Crippen LogP contribution in [-0.4, -0.2) is 34.2 Å². The third-order valence-corrected chi connectivity index (χ3v) is 4.39. The van der Waals surface area contributed by atoms with E-state index in [0.29, 0.717) is 19.5 Å². The fourth-order valence-corrected chi connectivity index (χ4v) is 3.23. The van der Waals surface area contributed by atoms with E-state index in [9.17, 15) is 4.39 Å². The van der Waals surface area contributed by atoms with Gasteiger partial charge in [0.25, 0.3) is 0 Å². The number of nitrogens with zero attached hydrogens (tertiary/aromatic N) is 3. The Labute approximate surface area is 140 Å². The lowest BCUT2D eigenvalue weighted by Gasteiger charge is -2.21. The van der Waals surface area contributed by atoms with E-state index < -0.39 is 6.17 Å². The number of aromatic amines is 1. The quantitative estimate of drug-likeness (QED) is 0.793. The number of aromatic nitrogens is 3. The number of imidazole rings is 1. The Bertz CT molecular complexity index is 844. The van der Waals surface area contributed by atoms with Crippen molar-refractivity contribution in [2.24, 2.45) is 0 Å². The van der Waals surface area contributed by atoms with Crippen LogP contribution in [0.3, 0.4) is 0 Å². The van der Waals surface area contributed by atoms with Gasteiger partial charge in [-0.25, -0.2) is 14.4 Å². The molecule has 1 saturated heterocycles. The second-order valence-electron chi connectivity index (χ2n) is 6.17. The molecule has 0 amide bonds. The number of nitrogens with one attached hydrogen (secondary N) is 1. The van der Waals surface area contributed by atoms with Gasteiger partial charge in [-0.3, -0.25) is 0 Å². The van der Waals surface area contributed by atoms with E-state index in [0.717, 1.165) is 34.0 Å². The molecule has 1 fully saturated rings. The van der Waals surface area contributed by atoms with Crippen LogP contribution in [0, 0.1) is 6.92 Å². The van der Waals surface area contributed by atoms with Gasteiger partial charge in [0, 0.05) is 24.6 Å². The largest absolute Gasteiger partial charge is 0.353 e. The zero-order valence-corrected chi connectivity index (χ0v) is 13.5. The molecular formula is C19H19FN4. The molecular weight excluding hydrogens is 303 g/mol. The minimum Gasteiger partial charge on any atom is -0.353 e. The first-order valence-corrected chi connectivity index (χ1v) is 8.18. The SMILES string of the molecule is Cc1cnc(-c2c(-c3ccccc3)ccnc2N2CCC(F)C2)[nH]1. The molecule has 0 aliphatic carbocycles. The van der Waals surface area contributed by atoms with E-state index in [1.807, 2.05) is 42.3 Å². The minimum atomic E-state index is -0.793. The van der Waals surface area contributed by atoms with Gasteiger partial charge in [-0.15, -0.1) is 0 Å². The normalized spacial score (nSPS) is 17.4. The first-order valence-electron chi connectivity index (χ1n) is 8.18. The van der Waals surface area contributed by atoms with Crippen molar-refractivity contribution in [1.29, 1.82) is 0 Å². The number of H-pyrrole nitrogens is 1. The van der Waals surface area contributed by atoms with Crippen LogP contribution in [0.4, 0.5) is 10.2 Å². The van der Waals surface area contributed by atoms with E-state index in [1.54, 1.807) is 6.20 Å². The first-order chi connectivity index (χ1) is 11.7. The number of hydrogen-bond acceptors (Lipinski definition) is 3. The molecule has 5 heteroatoms. The van der Waals surface area contributed by atoms with Crippen molar-refractivity contribution in [2.75, 3.05) is 18.0 Å². The molecule has 1 aliphatic rings. The molecule has 0 radical (unpaired) electrons. The number of benzene rings is 1. The molecule has 1 aromatic carbocycles. The smallest absolute Gasteiger partial charge is 0.141 e. The number of hydrogen-bond donors (Lipinski definition) is 1. The summed E-state index contributed by atoms with van der Waals surface area (Å²) in [6.45, 7) is 3.04. The van der Waals surface area contributed by atoms with Gasteiger partial charge in [0.05, 0.1) is 12.1 Å². The number of anilines is 1. The summed E-state index contributed by atoms with van der Waals surface area (Å²) in [5.74, 6) is 1.57. The Morgan fingerprint density at radius 3 is 2.67 bits per heavy atom. The number of alkyl halides is 1. The van der Waals surface area contributed by atoms with Crippen LogP contribution in [0.25, 0.3) is 22.5 Å². The van der Waals surface area contributed by atoms with Crippen molar-refractivity contribution in [3.63, 3.8) is 0 Å².